The van der Waals surface area contributed by atoms with Crippen molar-refractivity contribution in [2.75, 3.05) is 11.4 Å². The molecule has 0 unspecified atom stereocenters. The lowest BCUT2D eigenvalue weighted by atomic mass is 9.98. The number of carbonyl (C=O) groups is 1. The first-order valence-corrected chi connectivity index (χ1v) is 7.38. The number of aromatic hydroxyl groups is 2. The number of carbonyl (C=O) groups excluding carboxylic acids is 1. The highest BCUT2D eigenvalue weighted by Crippen LogP contribution is 2.33. The van der Waals surface area contributed by atoms with Gasteiger partial charge in [-0.1, -0.05) is 32.0 Å². The first-order valence-electron chi connectivity index (χ1n) is 7.38. The number of anilines is 1. The SMILES string of the molecule is CCN(C(=O)c1cc(C(C)C)c(O)cc1O)c1ccccc1. The van der Waals surface area contributed by atoms with Crippen molar-refractivity contribution in [2.45, 2.75) is 26.7 Å². The first-order chi connectivity index (χ1) is 10.5. The van der Waals surface area contributed by atoms with E-state index in [1.165, 1.54) is 6.07 Å². The number of hydrogen-bond acceptors (Lipinski definition) is 3. The highest BCUT2D eigenvalue weighted by Gasteiger charge is 2.22. The van der Waals surface area contributed by atoms with Gasteiger partial charge in [-0.3, -0.25) is 4.79 Å². The smallest absolute Gasteiger partial charge is 0.262 e. The molecule has 2 rings (SSSR count). The fourth-order valence-electron chi connectivity index (χ4n) is 2.42. The van der Waals surface area contributed by atoms with Crippen molar-refractivity contribution in [1.82, 2.24) is 0 Å². The van der Waals surface area contributed by atoms with Crippen LogP contribution in [0.15, 0.2) is 42.5 Å². The Bertz CT molecular complexity index is 666. The summed E-state index contributed by atoms with van der Waals surface area (Å²) >= 11 is 0. The third kappa shape index (κ3) is 3.06. The molecule has 2 aromatic rings. The number of benzene rings is 2. The largest absolute Gasteiger partial charge is 0.508 e. The third-order valence-corrected chi connectivity index (χ3v) is 3.63. The third-order valence-electron chi connectivity index (χ3n) is 3.63. The number of nitrogens with zero attached hydrogens (tertiary/aromatic N) is 1. The minimum absolute atomic E-state index is 0.00631. The Hall–Kier alpha value is -2.49. The average Bonchev–Trinajstić information content (AvgIpc) is 2.48. The normalized spacial score (nSPS) is 10.7. The summed E-state index contributed by atoms with van der Waals surface area (Å²) in [5, 5.41) is 19.9. The standard InChI is InChI=1S/C18H21NO3/c1-4-19(13-8-6-5-7-9-13)18(22)15-10-14(12(2)3)16(20)11-17(15)21/h5-12,20-21H,4H2,1-3H3. The lowest BCUT2D eigenvalue weighted by Gasteiger charge is -2.22. The maximum atomic E-state index is 12.8. The van der Waals surface area contributed by atoms with Crippen LogP contribution in [-0.2, 0) is 0 Å². The number of amides is 1. The topological polar surface area (TPSA) is 60.8 Å². The van der Waals surface area contributed by atoms with Crippen LogP contribution >= 0.6 is 0 Å². The Labute approximate surface area is 130 Å². The summed E-state index contributed by atoms with van der Waals surface area (Å²) in [5.74, 6) is -0.430. The van der Waals surface area contributed by atoms with E-state index in [1.807, 2.05) is 51.1 Å². The van der Waals surface area contributed by atoms with Crippen LogP contribution in [0, 0.1) is 0 Å². The van der Waals surface area contributed by atoms with Gasteiger partial charge >= 0.3 is 0 Å². The molecule has 22 heavy (non-hydrogen) atoms. The van der Waals surface area contributed by atoms with E-state index in [2.05, 4.69) is 0 Å². The number of phenolic OH excluding ortho intramolecular Hbond substituents is 2. The lowest BCUT2D eigenvalue weighted by Crippen LogP contribution is -2.30. The van der Waals surface area contributed by atoms with Gasteiger partial charge in [-0.05, 0) is 36.6 Å². The second kappa shape index (κ2) is 6.52. The van der Waals surface area contributed by atoms with E-state index >= 15 is 0 Å². The molecule has 4 nitrogen and oxygen atoms in total. The molecule has 0 aliphatic carbocycles. The molecule has 0 heterocycles. The van der Waals surface area contributed by atoms with E-state index in [4.69, 9.17) is 0 Å². The fraction of sp³-hybridized carbons (Fsp3) is 0.278. The lowest BCUT2D eigenvalue weighted by molar-refractivity contribution is 0.0985. The zero-order chi connectivity index (χ0) is 16.3. The zero-order valence-electron chi connectivity index (χ0n) is 13.1. The summed E-state index contributed by atoms with van der Waals surface area (Å²) in [6, 6.07) is 12.1. The molecule has 0 aliphatic heterocycles. The van der Waals surface area contributed by atoms with Crippen molar-refractivity contribution in [1.29, 1.82) is 0 Å². The predicted molar refractivity (Wildman–Crippen MR) is 87.7 cm³/mol. The summed E-state index contributed by atoms with van der Waals surface area (Å²) in [7, 11) is 0. The van der Waals surface area contributed by atoms with Crippen molar-refractivity contribution < 1.29 is 15.0 Å². The summed E-state index contributed by atoms with van der Waals surface area (Å²) < 4.78 is 0. The number of rotatable bonds is 4. The molecule has 2 aromatic carbocycles. The van der Waals surface area contributed by atoms with Gasteiger partial charge < -0.3 is 15.1 Å². The summed E-state index contributed by atoms with van der Waals surface area (Å²) in [5.41, 5.74) is 1.62. The summed E-state index contributed by atoms with van der Waals surface area (Å²) in [4.78, 5) is 14.4. The van der Waals surface area contributed by atoms with Gasteiger partial charge in [0.25, 0.3) is 5.91 Å². The van der Waals surface area contributed by atoms with Crippen LogP contribution in [-0.4, -0.2) is 22.7 Å². The fourth-order valence-corrected chi connectivity index (χ4v) is 2.42. The van der Waals surface area contributed by atoms with Crippen LogP contribution in [0.1, 0.15) is 42.6 Å². The van der Waals surface area contributed by atoms with Gasteiger partial charge in [0.1, 0.15) is 11.5 Å². The second-order valence-electron chi connectivity index (χ2n) is 5.47. The van der Waals surface area contributed by atoms with Gasteiger partial charge in [0.2, 0.25) is 0 Å². The van der Waals surface area contributed by atoms with Gasteiger partial charge in [-0.15, -0.1) is 0 Å². The monoisotopic (exact) mass is 299 g/mol. The van der Waals surface area contributed by atoms with Gasteiger partial charge in [-0.25, -0.2) is 0 Å². The Morgan fingerprint density at radius 2 is 1.73 bits per heavy atom. The van der Waals surface area contributed by atoms with E-state index in [1.54, 1.807) is 11.0 Å². The number of para-hydroxylation sites is 1. The molecular formula is C18H21NO3. The molecule has 0 saturated heterocycles. The maximum absolute atomic E-state index is 12.8. The van der Waals surface area contributed by atoms with Crippen molar-refractivity contribution in [3.05, 3.63) is 53.6 Å². The van der Waals surface area contributed by atoms with Crippen LogP contribution in [0.3, 0.4) is 0 Å². The van der Waals surface area contributed by atoms with Crippen LogP contribution in [0.4, 0.5) is 5.69 Å². The van der Waals surface area contributed by atoms with Gasteiger partial charge in [0.15, 0.2) is 0 Å². The number of hydrogen-bond donors (Lipinski definition) is 2. The van der Waals surface area contributed by atoms with Gasteiger partial charge in [0, 0.05) is 18.3 Å². The Balaban J connectivity index is 2.46. The van der Waals surface area contributed by atoms with Crippen molar-refractivity contribution in [3.63, 3.8) is 0 Å². The predicted octanol–water partition coefficient (Wildman–Crippen LogP) is 3.89. The highest BCUT2D eigenvalue weighted by molar-refractivity contribution is 6.08. The van der Waals surface area contributed by atoms with E-state index < -0.39 is 0 Å². The molecule has 116 valence electrons. The van der Waals surface area contributed by atoms with Crippen molar-refractivity contribution in [2.24, 2.45) is 0 Å². The van der Waals surface area contributed by atoms with Crippen LogP contribution in [0.2, 0.25) is 0 Å². The molecule has 0 aromatic heterocycles. The minimum atomic E-state index is -0.284. The van der Waals surface area contributed by atoms with Gasteiger partial charge in [-0.2, -0.15) is 0 Å². The summed E-state index contributed by atoms with van der Waals surface area (Å²) in [6.07, 6.45) is 0. The quantitative estimate of drug-likeness (QED) is 0.900. The molecule has 0 saturated carbocycles. The van der Waals surface area contributed by atoms with Crippen LogP contribution in [0.25, 0.3) is 0 Å². The molecule has 0 radical (unpaired) electrons. The summed E-state index contributed by atoms with van der Waals surface area (Å²) in [6.45, 7) is 6.22. The van der Waals surface area contributed by atoms with Crippen molar-refractivity contribution in [3.8, 4) is 11.5 Å². The first kappa shape index (κ1) is 15.9. The zero-order valence-corrected chi connectivity index (χ0v) is 13.1. The maximum Gasteiger partial charge on any atom is 0.262 e. The molecule has 0 bridgehead atoms. The van der Waals surface area contributed by atoms with Crippen LogP contribution in [0.5, 0.6) is 11.5 Å². The highest BCUT2D eigenvalue weighted by atomic mass is 16.3. The minimum Gasteiger partial charge on any atom is -0.508 e. The molecule has 2 N–H and O–H groups in total. The van der Waals surface area contributed by atoms with Gasteiger partial charge in [0.05, 0.1) is 5.56 Å². The Morgan fingerprint density at radius 1 is 1.09 bits per heavy atom. The molecule has 0 spiro atoms. The Morgan fingerprint density at radius 3 is 2.27 bits per heavy atom. The van der Waals surface area contributed by atoms with E-state index in [0.717, 1.165) is 5.69 Å². The Kier molecular flexibility index (Phi) is 4.71. The molecule has 4 heteroatoms. The molecule has 0 atom stereocenters. The van der Waals surface area contributed by atoms with Crippen molar-refractivity contribution >= 4 is 11.6 Å². The van der Waals surface area contributed by atoms with E-state index in [0.29, 0.717) is 12.1 Å². The molecule has 0 aliphatic rings. The molecule has 0 fully saturated rings. The number of phenols is 2. The second-order valence-corrected chi connectivity index (χ2v) is 5.47. The van der Waals surface area contributed by atoms with E-state index in [9.17, 15) is 15.0 Å². The molecular weight excluding hydrogens is 278 g/mol. The average molecular weight is 299 g/mol. The van der Waals surface area contributed by atoms with E-state index in [-0.39, 0.29) is 28.9 Å². The molecule has 1 amide bonds. The van der Waals surface area contributed by atoms with Crippen LogP contribution < -0.4 is 4.90 Å².